The molecule has 1 saturated carbocycles. The second kappa shape index (κ2) is 9.65. The molecular formula is C26H29FN4O4. The summed E-state index contributed by atoms with van der Waals surface area (Å²) in [5.74, 6) is -0.551. The van der Waals surface area contributed by atoms with E-state index in [1.165, 1.54) is 0 Å². The van der Waals surface area contributed by atoms with Crippen LogP contribution in [0.15, 0.2) is 47.7 Å². The number of benzene rings is 1. The van der Waals surface area contributed by atoms with Crippen LogP contribution in [-0.4, -0.2) is 48.1 Å². The number of carbonyl (C=O) groups is 2. The molecule has 2 fully saturated rings. The molecule has 2 aliphatic heterocycles. The van der Waals surface area contributed by atoms with E-state index in [9.17, 15) is 14.0 Å². The van der Waals surface area contributed by atoms with Gasteiger partial charge in [-0.25, -0.2) is 9.38 Å². The number of aliphatic imine (C=N–C) groups is 1. The minimum Gasteiger partial charge on any atom is -0.487 e. The van der Waals surface area contributed by atoms with Crippen LogP contribution in [-0.2, 0) is 15.1 Å². The number of hydrogen-bond acceptors (Lipinski definition) is 5. The van der Waals surface area contributed by atoms with Gasteiger partial charge in [0.15, 0.2) is 11.6 Å². The number of nitrogens with zero attached hydrogens (tertiary/aromatic N) is 2. The normalized spacial score (nSPS) is 21.8. The molecule has 1 aromatic heterocycles. The molecule has 35 heavy (non-hydrogen) atoms. The zero-order valence-electron chi connectivity index (χ0n) is 19.7. The zero-order valence-corrected chi connectivity index (χ0v) is 19.7. The molecule has 2 aromatic rings. The molecule has 1 saturated heterocycles. The predicted octanol–water partition coefficient (Wildman–Crippen LogP) is 3.38. The van der Waals surface area contributed by atoms with E-state index in [4.69, 9.17) is 9.47 Å². The Morgan fingerprint density at radius 1 is 1.31 bits per heavy atom. The lowest BCUT2D eigenvalue weighted by atomic mass is 9.95. The Labute approximate surface area is 203 Å². The van der Waals surface area contributed by atoms with Gasteiger partial charge in [-0.1, -0.05) is 12.1 Å². The molecule has 0 spiro atoms. The van der Waals surface area contributed by atoms with Crippen molar-refractivity contribution in [2.45, 2.75) is 50.7 Å². The molecule has 2 N–H and O–H groups in total. The van der Waals surface area contributed by atoms with Crippen LogP contribution in [0, 0.1) is 5.82 Å². The highest BCUT2D eigenvalue weighted by Gasteiger charge is 2.30. The standard InChI is InChI=1S/C26H29FN4O4/c1-26(11-3-13-34-16-26)31-12-10-17(15-31)25(33)28-14-23(32)30-22-9-8-20(29-22)19-4-2-5-21(24(19)27)35-18-6-7-18/h2,4-5,8,10,12,15,18H,3,6-7,9,11,13-14,16H2,1H3,(H,28,33)(H,29,30,32). The maximum absolute atomic E-state index is 14.8. The van der Waals surface area contributed by atoms with E-state index < -0.39 is 11.7 Å². The van der Waals surface area contributed by atoms with E-state index in [0.29, 0.717) is 35.7 Å². The first-order valence-electron chi connectivity index (χ1n) is 12.0. The van der Waals surface area contributed by atoms with Crippen LogP contribution in [0.5, 0.6) is 5.75 Å². The van der Waals surface area contributed by atoms with Crippen LogP contribution in [0.3, 0.4) is 0 Å². The van der Waals surface area contributed by atoms with E-state index >= 15 is 0 Å². The van der Waals surface area contributed by atoms with Crippen LogP contribution in [0.1, 0.15) is 54.9 Å². The number of halogens is 1. The first-order chi connectivity index (χ1) is 16.9. The molecule has 2 amide bonds. The molecule has 8 nitrogen and oxygen atoms in total. The lowest BCUT2D eigenvalue weighted by Crippen LogP contribution is -2.39. The Morgan fingerprint density at radius 3 is 2.94 bits per heavy atom. The highest BCUT2D eigenvalue weighted by molar-refractivity contribution is 6.05. The van der Waals surface area contributed by atoms with Gasteiger partial charge in [-0.3, -0.25) is 9.59 Å². The summed E-state index contributed by atoms with van der Waals surface area (Å²) in [6.45, 7) is 3.27. The fourth-order valence-corrected chi connectivity index (χ4v) is 4.30. The third kappa shape index (κ3) is 5.30. The van der Waals surface area contributed by atoms with Crippen LogP contribution < -0.4 is 15.4 Å². The summed E-state index contributed by atoms with van der Waals surface area (Å²) in [4.78, 5) is 29.3. The smallest absolute Gasteiger partial charge is 0.253 e. The molecule has 0 radical (unpaired) electrons. The van der Waals surface area contributed by atoms with E-state index in [-0.39, 0.29) is 29.8 Å². The average molecular weight is 481 g/mol. The van der Waals surface area contributed by atoms with Gasteiger partial charge in [0.05, 0.1) is 36.1 Å². The molecule has 1 aromatic carbocycles. The third-order valence-electron chi connectivity index (χ3n) is 6.49. The van der Waals surface area contributed by atoms with Gasteiger partial charge in [-0.15, -0.1) is 0 Å². The van der Waals surface area contributed by atoms with Crippen molar-refractivity contribution in [3.8, 4) is 5.75 Å². The predicted molar refractivity (Wildman–Crippen MR) is 129 cm³/mol. The number of carbonyl (C=O) groups excluding carboxylic acids is 2. The molecule has 1 aliphatic carbocycles. The average Bonchev–Trinajstić information content (AvgIpc) is 3.31. The quantitative estimate of drug-likeness (QED) is 0.635. The summed E-state index contributed by atoms with van der Waals surface area (Å²) in [7, 11) is 0. The van der Waals surface area contributed by atoms with Gasteiger partial charge >= 0.3 is 0 Å². The van der Waals surface area contributed by atoms with Crippen LogP contribution in [0.4, 0.5) is 4.39 Å². The van der Waals surface area contributed by atoms with Crippen molar-refractivity contribution in [2.75, 3.05) is 19.8 Å². The Kier molecular flexibility index (Phi) is 6.42. The minimum atomic E-state index is -0.449. The molecule has 184 valence electrons. The molecule has 9 heteroatoms. The summed E-state index contributed by atoms with van der Waals surface area (Å²) >= 11 is 0. The number of amides is 2. The fourth-order valence-electron chi connectivity index (χ4n) is 4.30. The second-order valence-corrected chi connectivity index (χ2v) is 9.48. The van der Waals surface area contributed by atoms with Gasteiger partial charge in [0.25, 0.3) is 5.91 Å². The topological polar surface area (TPSA) is 94.0 Å². The second-order valence-electron chi connectivity index (χ2n) is 9.48. The van der Waals surface area contributed by atoms with Crippen molar-refractivity contribution >= 4 is 23.3 Å². The summed E-state index contributed by atoms with van der Waals surface area (Å²) in [6, 6.07) is 6.72. The van der Waals surface area contributed by atoms with Crippen molar-refractivity contribution in [1.82, 2.24) is 15.2 Å². The summed E-state index contributed by atoms with van der Waals surface area (Å²) < 4.78 is 28.1. The van der Waals surface area contributed by atoms with Crippen molar-refractivity contribution < 1.29 is 23.5 Å². The molecule has 3 heterocycles. The lowest BCUT2D eigenvalue weighted by Gasteiger charge is -2.35. The number of rotatable bonds is 7. The zero-order chi connectivity index (χ0) is 24.4. The third-order valence-corrected chi connectivity index (χ3v) is 6.49. The lowest BCUT2D eigenvalue weighted by molar-refractivity contribution is -0.118. The number of aromatic nitrogens is 1. The van der Waals surface area contributed by atoms with Crippen LogP contribution in [0.2, 0.25) is 0 Å². The monoisotopic (exact) mass is 480 g/mol. The Balaban J connectivity index is 1.14. The van der Waals surface area contributed by atoms with Crippen molar-refractivity contribution in [2.24, 2.45) is 4.99 Å². The van der Waals surface area contributed by atoms with E-state index in [1.54, 1.807) is 36.5 Å². The fraction of sp³-hybridized carbons (Fsp3) is 0.423. The highest BCUT2D eigenvalue weighted by Crippen LogP contribution is 2.33. The maximum atomic E-state index is 14.8. The van der Waals surface area contributed by atoms with Crippen LogP contribution >= 0.6 is 0 Å². The molecule has 0 bridgehead atoms. The van der Waals surface area contributed by atoms with Gasteiger partial charge in [0.1, 0.15) is 5.84 Å². The van der Waals surface area contributed by atoms with Crippen molar-refractivity contribution in [3.63, 3.8) is 0 Å². The Hall–Kier alpha value is -3.46. The first-order valence-corrected chi connectivity index (χ1v) is 12.0. The van der Waals surface area contributed by atoms with E-state index in [1.807, 2.05) is 10.8 Å². The largest absolute Gasteiger partial charge is 0.487 e. The molecular weight excluding hydrogens is 451 g/mol. The first kappa shape index (κ1) is 23.3. The van der Waals surface area contributed by atoms with Crippen molar-refractivity contribution in [3.05, 3.63) is 59.7 Å². The summed E-state index contributed by atoms with van der Waals surface area (Å²) in [5, 5.41) is 5.33. The van der Waals surface area contributed by atoms with Gasteiger partial charge in [0, 0.05) is 31.0 Å². The number of ether oxygens (including phenoxy) is 2. The Bertz CT molecular complexity index is 1190. The van der Waals surface area contributed by atoms with Gasteiger partial charge in [-0.05, 0) is 50.8 Å². The molecule has 1 atom stereocenters. The molecule has 3 aliphatic rings. The van der Waals surface area contributed by atoms with E-state index in [0.717, 1.165) is 32.3 Å². The number of hydrogen-bond donors (Lipinski definition) is 2. The van der Waals surface area contributed by atoms with Gasteiger partial charge < -0.3 is 24.7 Å². The molecule has 5 rings (SSSR count). The maximum Gasteiger partial charge on any atom is 0.253 e. The van der Waals surface area contributed by atoms with Gasteiger partial charge in [-0.2, -0.15) is 0 Å². The van der Waals surface area contributed by atoms with Gasteiger partial charge in [0.2, 0.25) is 5.91 Å². The van der Waals surface area contributed by atoms with E-state index in [2.05, 4.69) is 22.5 Å². The summed E-state index contributed by atoms with van der Waals surface area (Å²) in [6.07, 6.45) is 9.71. The van der Waals surface area contributed by atoms with Crippen LogP contribution in [0.25, 0.3) is 5.70 Å². The SMILES string of the molecule is CC1(n2ccc(C(=O)NCC(=O)NC3=NC(c4cccc(OC5CC5)c4F)=CC3)c2)CCCOC1. The Morgan fingerprint density at radius 2 is 2.17 bits per heavy atom. The molecule has 1 unspecified atom stereocenters. The number of nitrogens with one attached hydrogen (secondary N) is 2. The highest BCUT2D eigenvalue weighted by atomic mass is 19.1. The van der Waals surface area contributed by atoms with Crippen molar-refractivity contribution in [1.29, 1.82) is 0 Å². The minimum absolute atomic E-state index is 0.0915. The summed E-state index contributed by atoms with van der Waals surface area (Å²) in [5.41, 5.74) is 1.09. The number of amidine groups is 1.